The largest absolute Gasteiger partial charge is 0.396 e. The highest BCUT2D eigenvalue weighted by molar-refractivity contribution is 4.81. The summed E-state index contributed by atoms with van der Waals surface area (Å²) in [5, 5.41) is 19.0. The second-order valence-corrected chi connectivity index (χ2v) is 6.06. The van der Waals surface area contributed by atoms with E-state index in [9.17, 15) is 10.2 Å². The summed E-state index contributed by atoms with van der Waals surface area (Å²) >= 11 is 0. The van der Waals surface area contributed by atoms with Crippen molar-refractivity contribution in [1.29, 1.82) is 0 Å². The van der Waals surface area contributed by atoms with Crippen molar-refractivity contribution in [2.24, 2.45) is 11.3 Å². The minimum absolute atomic E-state index is 0.109. The Morgan fingerprint density at radius 1 is 0.778 bits per heavy atom. The Labute approximate surface area is 114 Å². The van der Waals surface area contributed by atoms with Crippen LogP contribution in [-0.4, -0.2) is 23.4 Å². The normalized spacial score (nSPS) is 12.3. The Morgan fingerprint density at radius 3 is 1.61 bits per heavy atom. The van der Waals surface area contributed by atoms with E-state index in [2.05, 4.69) is 20.8 Å². The SMILES string of the molecule is CCCCCCCCCCC(CO)(CO)C(C)C. The van der Waals surface area contributed by atoms with Crippen molar-refractivity contribution in [2.75, 3.05) is 13.2 Å². The van der Waals surface area contributed by atoms with Crippen LogP contribution in [0.3, 0.4) is 0 Å². The molecule has 0 aliphatic carbocycles. The summed E-state index contributed by atoms with van der Waals surface area (Å²) in [4.78, 5) is 0. The highest BCUT2D eigenvalue weighted by Gasteiger charge is 2.31. The van der Waals surface area contributed by atoms with Crippen LogP contribution in [0.1, 0.15) is 78.6 Å². The van der Waals surface area contributed by atoms with Gasteiger partial charge in [0, 0.05) is 5.41 Å². The van der Waals surface area contributed by atoms with E-state index in [1.54, 1.807) is 0 Å². The van der Waals surface area contributed by atoms with E-state index in [-0.39, 0.29) is 18.6 Å². The number of rotatable bonds is 12. The molecule has 0 fully saturated rings. The molecule has 0 aromatic heterocycles. The second-order valence-electron chi connectivity index (χ2n) is 6.06. The quantitative estimate of drug-likeness (QED) is 0.516. The average molecular weight is 258 g/mol. The van der Waals surface area contributed by atoms with Gasteiger partial charge in [-0.2, -0.15) is 0 Å². The summed E-state index contributed by atoms with van der Waals surface area (Å²) in [5.74, 6) is 0.344. The molecule has 0 aliphatic heterocycles. The second kappa shape index (κ2) is 10.8. The lowest BCUT2D eigenvalue weighted by Crippen LogP contribution is -2.35. The molecule has 0 radical (unpaired) electrons. The van der Waals surface area contributed by atoms with Gasteiger partial charge in [0.15, 0.2) is 0 Å². The van der Waals surface area contributed by atoms with Gasteiger partial charge >= 0.3 is 0 Å². The zero-order chi connectivity index (χ0) is 13.9. The van der Waals surface area contributed by atoms with Crippen molar-refractivity contribution < 1.29 is 10.2 Å². The van der Waals surface area contributed by atoms with Gasteiger partial charge < -0.3 is 10.2 Å². The molecule has 0 saturated heterocycles. The van der Waals surface area contributed by atoms with Crippen LogP contribution < -0.4 is 0 Å². The Balaban J connectivity index is 3.62. The van der Waals surface area contributed by atoms with Gasteiger partial charge in [0.1, 0.15) is 0 Å². The fourth-order valence-electron chi connectivity index (χ4n) is 2.47. The maximum absolute atomic E-state index is 9.49. The molecule has 0 spiro atoms. The van der Waals surface area contributed by atoms with E-state index in [0.717, 1.165) is 12.8 Å². The first-order chi connectivity index (χ1) is 8.63. The van der Waals surface area contributed by atoms with E-state index >= 15 is 0 Å². The molecule has 0 atom stereocenters. The molecular formula is C16H34O2. The Morgan fingerprint density at radius 2 is 1.22 bits per heavy atom. The van der Waals surface area contributed by atoms with Crippen LogP contribution >= 0.6 is 0 Å². The molecule has 2 N–H and O–H groups in total. The van der Waals surface area contributed by atoms with Gasteiger partial charge in [0.2, 0.25) is 0 Å². The van der Waals surface area contributed by atoms with Gasteiger partial charge in [-0.15, -0.1) is 0 Å². The van der Waals surface area contributed by atoms with Crippen molar-refractivity contribution in [3.63, 3.8) is 0 Å². The molecule has 2 heteroatoms. The molecule has 0 rings (SSSR count). The van der Waals surface area contributed by atoms with E-state index in [1.807, 2.05) is 0 Å². The van der Waals surface area contributed by atoms with E-state index in [0.29, 0.717) is 5.92 Å². The van der Waals surface area contributed by atoms with Crippen molar-refractivity contribution >= 4 is 0 Å². The third kappa shape index (κ3) is 6.75. The number of aliphatic hydroxyl groups is 2. The van der Waals surface area contributed by atoms with Crippen LogP contribution in [0, 0.1) is 11.3 Å². The van der Waals surface area contributed by atoms with Crippen LogP contribution in [0.5, 0.6) is 0 Å². The Kier molecular flexibility index (Phi) is 10.8. The summed E-state index contributed by atoms with van der Waals surface area (Å²) in [6, 6.07) is 0. The predicted molar refractivity (Wildman–Crippen MR) is 78.7 cm³/mol. The monoisotopic (exact) mass is 258 g/mol. The first-order valence-electron chi connectivity index (χ1n) is 7.84. The van der Waals surface area contributed by atoms with Crippen LogP contribution in [0.2, 0.25) is 0 Å². The Hall–Kier alpha value is -0.0800. The van der Waals surface area contributed by atoms with Gasteiger partial charge in [-0.05, 0) is 12.3 Å². The topological polar surface area (TPSA) is 40.5 Å². The van der Waals surface area contributed by atoms with Gasteiger partial charge in [-0.25, -0.2) is 0 Å². The summed E-state index contributed by atoms with van der Waals surface area (Å²) in [5.41, 5.74) is -0.262. The zero-order valence-corrected chi connectivity index (χ0v) is 12.7. The maximum atomic E-state index is 9.49. The lowest BCUT2D eigenvalue weighted by Gasteiger charge is -2.34. The average Bonchev–Trinajstić information content (AvgIpc) is 2.37. The number of hydrogen-bond acceptors (Lipinski definition) is 2. The maximum Gasteiger partial charge on any atom is 0.0511 e. The summed E-state index contributed by atoms with van der Waals surface area (Å²) in [6.07, 6.45) is 11.4. The van der Waals surface area contributed by atoms with E-state index in [1.165, 1.54) is 44.9 Å². The van der Waals surface area contributed by atoms with Crippen LogP contribution in [0.4, 0.5) is 0 Å². The van der Waals surface area contributed by atoms with Crippen molar-refractivity contribution in [3.8, 4) is 0 Å². The van der Waals surface area contributed by atoms with Crippen molar-refractivity contribution in [3.05, 3.63) is 0 Å². The first-order valence-corrected chi connectivity index (χ1v) is 7.84. The molecule has 2 nitrogen and oxygen atoms in total. The fraction of sp³-hybridized carbons (Fsp3) is 1.00. The van der Waals surface area contributed by atoms with Crippen LogP contribution in [0.25, 0.3) is 0 Å². The number of unbranched alkanes of at least 4 members (excludes halogenated alkanes) is 7. The molecule has 0 aromatic rings. The minimum Gasteiger partial charge on any atom is -0.396 e. The smallest absolute Gasteiger partial charge is 0.0511 e. The van der Waals surface area contributed by atoms with E-state index in [4.69, 9.17) is 0 Å². The molecule has 110 valence electrons. The number of aliphatic hydroxyl groups excluding tert-OH is 2. The molecule has 0 bridgehead atoms. The van der Waals surface area contributed by atoms with Crippen molar-refractivity contribution in [1.82, 2.24) is 0 Å². The third-order valence-electron chi connectivity index (χ3n) is 4.38. The minimum atomic E-state index is -0.262. The van der Waals surface area contributed by atoms with E-state index < -0.39 is 0 Å². The van der Waals surface area contributed by atoms with Crippen LogP contribution in [-0.2, 0) is 0 Å². The molecule has 0 aromatic carbocycles. The van der Waals surface area contributed by atoms with Gasteiger partial charge in [-0.1, -0.05) is 72.1 Å². The standard InChI is InChI=1S/C16H34O2/c1-4-5-6-7-8-9-10-11-12-16(13-17,14-18)15(2)3/h15,17-18H,4-14H2,1-3H3. The number of hydrogen-bond donors (Lipinski definition) is 2. The van der Waals surface area contributed by atoms with Gasteiger partial charge in [0.05, 0.1) is 13.2 Å². The highest BCUT2D eigenvalue weighted by Crippen LogP contribution is 2.32. The zero-order valence-electron chi connectivity index (χ0n) is 12.7. The molecule has 0 aliphatic rings. The summed E-state index contributed by atoms with van der Waals surface area (Å²) in [7, 11) is 0. The van der Waals surface area contributed by atoms with Gasteiger partial charge in [0.25, 0.3) is 0 Å². The Bertz CT molecular complexity index is 174. The fourth-order valence-corrected chi connectivity index (χ4v) is 2.47. The lowest BCUT2D eigenvalue weighted by molar-refractivity contribution is 0.00687. The molecule has 0 amide bonds. The molecule has 0 heterocycles. The van der Waals surface area contributed by atoms with Gasteiger partial charge in [-0.3, -0.25) is 0 Å². The predicted octanol–water partition coefficient (Wildman–Crippen LogP) is 4.14. The molecule has 0 saturated carbocycles. The highest BCUT2D eigenvalue weighted by atomic mass is 16.3. The third-order valence-corrected chi connectivity index (χ3v) is 4.38. The van der Waals surface area contributed by atoms with Crippen LogP contribution in [0.15, 0.2) is 0 Å². The molecule has 0 unspecified atom stereocenters. The summed E-state index contributed by atoms with van der Waals surface area (Å²) < 4.78 is 0. The molecule has 18 heavy (non-hydrogen) atoms. The van der Waals surface area contributed by atoms with Crippen molar-refractivity contribution in [2.45, 2.75) is 78.6 Å². The first kappa shape index (κ1) is 17.9. The molecular weight excluding hydrogens is 224 g/mol. The lowest BCUT2D eigenvalue weighted by atomic mass is 9.74. The summed E-state index contributed by atoms with van der Waals surface area (Å²) in [6.45, 7) is 6.65.